The number of hydrogen-bond donors (Lipinski definition) is 1. The summed E-state index contributed by atoms with van der Waals surface area (Å²) in [5.74, 6) is -1.47. The van der Waals surface area contributed by atoms with Crippen LogP contribution in [0.4, 0.5) is 0 Å². The number of Topliss-reactive ketones (excluding diaryl/α,β-unsaturated/α-hetero) is 1. The maximum atomic E-state index is 11.6. The van der Waals surface area contributed by atoms with Crippen LogP contribution in [-0.2, 0) is 10.1 Å². The van der Waals surface area contributed by atoms with E-state index in [2.05, 4.69) is 0 Å². The molecule has 5 nitrogen and oxygen atoms in total. The number of ketones is 2. The molecule has 7 heteroatoms. The molecule has 1 aliphatic carbocycles. The minimum Gasteiger partial charge on any atom is -1.00 e. The van der Waals surface area contributed by atoms with Crippen molar-refractivity contribution in [2.75, 3.05) is 0 Å². The van der Waals surface area contributed by atoms with Gasteiger partial charge in [0.2, 0.25) is 5.78 Å². The summed E-state index contributed by atoms with van der Waals surface area (Å²) in [5.41, 5.74) is 0.127. The minimum atomic E-state index is -4.66. The van der Waals surface area contributed by atoms with Crippen molar-refractivity contribution in [1.29, 1.82) is 0 Å². The average molecular weight is 262 g/mol. The molecule has 1 aromatic rings. The van der Waals surface area contributed by atoms with Gasteiger partial charge in [-0.25, -0.2) is 0 Å². The fourth-order valence-corrected chi connectivity index (χ4v) is 2.08. The summed E-state index contributed by atoms with van der Waals surface area (Å²) < 4.78 is 30.5. The van der Waals surface area contributed by atoms with Crippen LogP contribution in [0.2, 0.25) is 0 Å². The molecule has 0 amide bonds. The second-order valence-corrected chi connectivity index (χ2v) is 4.61. The van der Waals surface area contributed by atoms with Crippen LogP contribution in [0.1, 0.15) is 22.1 Å². The number of carbonyl (C=O) groups excluding carboxylic acids is 2. The largest absolute Gasteiger partial charge is 1.00 e. The molecule has 1 aliphatic rings. The maximum absolute atomic E-state index is 11.6. The predicted octanol–water partition coefficient (Wildman–Crippen LogP) is -2.05. The SMILES string of the molecule is O=C1C=C(S(=O)(=O)O)C(=O)c2ccccc21.[H-].[Na+]. The number of rotatable bonds is 1. The number of carbonyl (C=O) groups is 2. The Kier molecular flexibility index (Phi) is 4.06. The topological polar surface area (TPSA) is 88.5 Å². The van der Waals surface area contributed by atoms with Gasteiger partial charge in [-0.1, -0.05) is 24.3 Å². The number of fused-ring (bicyclic) bond motifs is 1. The molecule has 84 valence electrons. The summed E-state index contributed by atoms with van der Waals surface area (Å²) in [6.07, 6.45) is 0.639. The van der Waals surface area contributed by atoms with Gasteiger partial charge >= 0.3 is 29.6 Å². The van der Waals surface area contributed by atoms with E-state index in [0.717, 1.165) is 0 Å². The molecule has 2 rings (SSSR count). The maximum Gasteiger partial charge on any atom is 1.00 e. The van der Waals surface area contributed by atoms with Gasteiger partial charge in [-0.3, -0.25) is 14.1 Å². The Morgan fingerprint density at radius 2 is 1.59 bits per heavy atom. The van der Waals surface area contributed by atoms with Crippen molar-refractivity contribution in [3.05, 3.63) is 46.4 Å². The molecule has 0 heterocycles. The Morgan fingerprint density at radius 3 is 2.12 bits per heavy atom. The molecule has 1 aromatic carbocycles. The van der Waals surface area contributed by atoms with Gasteiger partial charge in [0.1, 0.15) is 4.91 Å². The predicted molar refractivity (Wildman–Crippen MR) is 55.8 cm³/mol. The molecule has 0 radical (unpaired) electrons. The Bertz CT molecular complexity index is 635. The molecule has 0 fully saturated rings. The number of benzene rings is 1. The minimum absolute atomic E-state index is 0. The van der Waals surface area contributed by atoms with Gasteiger partial charge in [-0.15, -0.1) is 0 Å². The van der Waals surface area contributed by atoms with Crippen LogP contribution in [0.25, 0.3) is 0 Å². The quantitative estimate of drug-likeness (QED) is 0.465. The van der Waals surface area contributed by atoms with Crippen molar-refractivity contribution >= 4 is 21.7 Å². The summed E-state index contributed by atoms with van der Waals surface area (Å²) >= 11 is 0. The zero-order chi connectivity index (χ0) is 11.9. The van der Waals surface area contributed by atoms with E-state index in [9.17, 15) is 18.0 Å². The summed E-state index contributed by atoms with van der Waals surface area (Å²) in [4.78, 5) is 22.3. The molecule has 0 spiro atoms. The third kappa shape index (κ3) is 2.56. The van der Waals surface area contributed by atoms with Crippen LogP contribution in [0, 0.1) is 0 Å². The van der Waals surface area contributed by atoms with Crippen LogP contribution in [-0.4, -0.2) is 24.5 Å². The number of allylic oxidation sites excluding steroid dienone is 2. The van der Waals surface area contributed by atoms with E-state index in [4.69, 9.17) is 4.55 Å². The van der Waals surface area contributed by atoms with E-state index >= 15 is 0 Å². The van der Waals surface area contributed by atoms with E-state index in [-0.39, 0.29) is 42.1 Å². The zero-order valence-electron chi connectivity index (χ0n) is 9.88. The fraction of sp³-hybridized carbons (Fsp3) is 0. The summed E-state index contributed by atoms with van der Waals surface area (Å²) in [6.45, 7) is 0. The molecule has 0 saturated carbocycles. The second-order valence-electron chi connectivity index (χ2n) is 3.22. The second kappa shape index (κ2) is 4.83. The molecule has 17 heavy (non-hydrogen) atoms. The van der Waals surface area contributed by atoms with Crippen LogP contribution in [0.5, 0.6) is 0 Å². The van der Waals surface area contributed by atoms with E-state index in [1.165, 1.54) is 18.2 Å². The van der Waals surface area contributed by atoms with Gasteiger partial charge in [0.15, 0.2) is 5.78 Å². The first kappa shape index (κ1) is 14.3. The first-order valence-electron chi connectivity index (χ1n) is 4.28. The van der Waals surface area contributed by atoms with Crippen LogP contribution >= 0.6 is 0 Å². The Labute approximate surface area is 121 Å². The molecule has 0 aliphatic heterocycles. The van der Waals surface area contributed by atoms with E-state index < -0.39 is 26.6 Å². The molecule has 0 atom stereocenters. The van der Waals surface area contributed by atoms with E-state index in [1.54, 1.807) is 6.07 Å². The zero-order valence-corrected chi connectivity index (χ0v) is 11.7. The van der Waals surface area contributed by atoms with Gasteiger partial charge in [-0.2, -0.15) is 8.42 Å². The van der Waals surface area contributed by atoms with Crippen LogP contribution in [0.3, 0.4) is 0 Å². The normalized spacial score (nSPS) is 14.8. The van der Waals surface area contributed by atoms with Crippen molar-refractivity contribution in [1.82, 2.24) is 0 Å². The van der Waals surface area contributed by atoms with Crippen molar-refractivity contribution in [2.45, 2.75) is 0 Å². The number of hydrogen-bond acceptors (Lipinski definition) is 4. The first-order valence-corrected chi connectivity index (χ1v) is 5.72. The summed E-state index contributed by atoms with van der Waals surface area (Å²) in [6, 6.07) is 5.84. The Morgan fingerprint density at radius 1 is 1.06 bits per heavy atom. The molecule has 0 unspecified atom stereocenters. The van der Waals surface area contributed by atoms with Gasteiger partial charge < -0.3 is 1.43 Å². The molecule has 0 saturated heterocycles. The van der Waals surface area contributed by atoms with Crippen molar-refractivity contribution in [3.63, 3.8) is 0 Å². The summed E-state index contributed by atoms with van der Waals surface area (Å²) in [5, 5.41) is 0. The van der Waals surface area contributed by atoms with Crippen molar-refractivity contribution in [2.24, 2.45) is 0 Å². The monoisotopic (exact) mass is 262 g/mol. The van der Waals surface area contributed by atoms with Gasteiger partial charge in [0.25, 0.3) is 10.1 Å². The van der Waals surface area contributed by atoms with Crippen molar-refractivity contribution in [3.8, 4) is 0 Å². The van der Waals surface area contributed by atoms with Crippen molar-refractivity contribution < 1.29 is 53.5 Å². The third-order valence-electron chi connectivity index (χ3n) is 2.20. The van der Waals surface area contributed by atoms with Gasteiger partial charge in [-0.05, 0) is 0 Å². The molecular weight excluding hydrogens is 255 g/mol. The molecule has 0 bridgehead atoms. The standard InChI is InChI=1S/C10H6O5S.Na.H/c11-8-5-9(16(13,14)15)10(12)7-4-2-1-3-6(7)8;;/h1-5H,(H,13,14,15);;/q;+1;-1. The summed E-state index contributed by atoms with van der Waals surface area (Å²) in [7, 11) is -4.66. The fourth-order valence-electron chi connectivity index (χ4n) is 1.48. The Hall–Kier alpha value is -0.790. The van der Waals surface area contributed by atoms with Gasteiger partial charge in [0.05, 0.1) is 0 Å². The molecule has 0 aromatic heterocycles. The first-order chi connectivity index (χ1) is 7.41. The van der Waals surface area contributed by atoms with E-state index in [1.807, 2.05) is 0 Å². The van der Waals surface area contributed by atoms with Crippen LogP contribution < -0.4 is 29.6 Å². The average Bonchev–Trinajstić information content (AvgIpc) is 2.22. The molecule has 1 N–H and O–H groups in total. The smallest absolute Gasteiger partial charge is 1.00 e. The van der Waals surface area contributed by atoms with Gasteiger partial charge in [0, 0.05) is 17.2 Å². The molecular formula is C10H7NaO5S. The van der Waals surface area contributed by atoms with E-state index in [0.29, 0.717) is 6.08 Å². The third-order valence-corrected chi connectivity index (χ3v) is 3.06. The Balaban J connectivity index is 0.00000144. The van der Waals surface area contributed by atoms with Crippen LogP contribution in [0.15, 0.2) is 35.2 Å².